The van der Waals surface area contributed by atoms with Gasteiger partial charge in [-0.3, -0.25) is 4.79 Å². The van der Waals surface area contributed by atoms with Crippen molar-refractivity contribution in [3.05, 3.63) is 65.2 Å². The van der Waals surface area contributed by atoms with Gasteiger partial charge in [-0.25, -0.2) is 0 Å². The molecule has 0 bridgehead atoms. The number of carbonyl (C=O) groups is 1. The van der Waals surface area contributed by atoms with Crippen molar-refractivity contribution in [2.24, 2.45) is 5.92 Å². The van der Waals surface area contributed by atoms with E-state index >= 15 is 0 Å². The van der Waals surface area contributed by atoms with Gasteiger partial charge in [0, 0.05) is 0 Å². The lowest BCUT2D eigenvalue weighted by Crippen LogP contribution is -2.35. The maximum Gasteiger partial charge on any atom is 0.258 e. The fraction of sp³-hybridized carbons (Fsp3) is 0.333. The summed E-state index contributed by atoms with van der Waals surface area (Å²) in [5, 5.41) is 11.8. The average molecular weight is 336 g/mol. The number of nitrogens with zero attached hydrogens (tertiary/aromatic N) is 1. The Morgan fingerprint density at radius 1 is 1.12 bits per heavy atom. The van der Waals surface area contributed by atoms with E-state index in [1.54, 1.807) is 24.3 Å². The first-order chi connectivity index (χ1) is 12.0. The number of hydrogen-bond donors (Lipinski definition) is 1. The molecular formula is C21H24N2O2. The maximum atomic E-state index is 12.3. The molecule has 0 aliphatic rings. The number of benzene rings is 2. The second-order valence-corrected chi connectivity index (χ2v) is 6.31. The third-order valence-electron chi connectivity index (χ3n) is 4.08. The molecule has 0 fully saturated rings. The van der Waals surface area contributed by atoms with Crippen LogP contribution in [0, 0.1) is 17.2 Å². The molecule has 4 heteroatoms. The lowest BCUT2D eigenvalue weighted by molar-refractivity contribution is -0.124. The first-order valence-electron chi connectivity index (χ1n) is 8.54. The van der Waals surface area contributed by atoms with Crippen molar-refractivity contribution in [1.82, 2.24) is 5.32 Å². The molecule has 2 aromatic rings. The van der Waals surface area contributed by atoms with Gasteiger partial charge in [-0.1, -0.05) is 45.0 Å². The van der Waals surface area contributed by atoms with Gasteiger partial charge in [-0.15, -0.1) is 0 Å². The third-order valence-corrected chi connectivity index (χ3v) is 4.08. The number of nitriles is 1. The summed E-state index contributed by atoms with van der Waals surface area (Å²) >= 11 is 0. The van der Waals surface area contributed by atoms with E-state index in [0.29, 0.717) is 11.3 Å². The molecule has 1 N–H and O–H groups in total. The van der Waals surface area contributed by atoms with Crippen LogP contribution in [-0.4, -0.2) is 12.5 Å². The molecule has 0 saturated heterocycles. The molecule has 0 aromatic heterocycles. The van der Waals surface area contributed by atoms with Crippen LogP contribution in [0.1, 0.15) is 43.5 Å². The smallest absolute Gasteiger partial charge is 0.258 e. The fourth-order valence-electron chi connectivity index (χ4n) is 2.59. The van der Waals surface area contributed by atoms with E-state index in [-0.39, 0.29) is 24.5 Å². The van der Waals surface area contributed by atoms with Gasteiger partial charge in [0.2, 0.25) is 0 Å². The Bertz CT molecular complexity index is 728. The summed E-state index contributed by atoms with van der Waals surface area (Å²) in [4.78, 5) is 12.3. The van der Waals surface area contributed by atoms with Crippen LogP contribution in [0.4, 0.5) is 0 Å². The molecule has 0 saturated carbocycles. The van der Waals surface area contributed by atoms with Gasteiger partial charge >= 0.3 is 0 Å². The normalized spacial score (nSPS) is 11.6. The Hall–Kier alpha value is -2.80. The minimum Gasteiger partial charge on any atom is -0.484 e. The van der Waals surface area contributed by atoms with Crippen molar-refractivity contribution >= 4 is 5.91 Å². The first-order valence-corrected chi connectivity index (χ1v) is 8.54. The maximum absolute atomic E-state index is 12.3. The Morgan fingerprint density at radius 2 is 1.76 bits per heavy atom. The van der Waals surface area contributed by atoms with Crippen LogP contribution in [0.3, 0.4) is 0 Å². The van der Waals surface area contributed by atoms with Crippen molar-refractivity contribution in [3.8, 4) is 11.8 Å². The van der Waals surface area contributed by atoms with Crippen LogP contribution in [0.2, 0.25) is 0 Å². The van der Waals surface area contributed by atoms with Crippen molar-refractivity contribution < 1.29 is 9.53 Å². The average Bonchev–Trinajstić information content (AvgIpc) is 2.64. The molecule has 2 aromatic carbocycles. The Labute approximate surface area is 149 Å². The number of hydrogen-bond acceptors (Lipinski definition) is 3. The summed E-state index contributed by atoms with van der Waals surface area (Å²) < 4.78 is 5.50. The van der Waals surface area contributed by atoms with Crippen LogP contribution in [0.25, 0.3) is 0 Å². The largest absolute Gasteiger partial charge is 0.484 e. The number of aryl methyl sites for hydroxylation is 1. The molecule has 0 aliphatic heterocycles. The Kier molecular flexibility index (Phi) is 6.59. The molecule has 1 amide bonds. The molecule has 25 heavy (non-hydrogen) atoms. The molecule has 4 nitrogen and oxygen atoms in total. The zero-order valence-electron chi connectivity index (χ0n) is 15.0. The second kappa shape index (κ2) is 8.89. The van der Waals surface area contributed by atoms with Gasteiger partial charge < -0.3 is 10.1 Å². The van der Waals surface area contributed by atoms with Crippen LogP contribution >= 0.6 is 0 Å². The van der Waals surface area contributed by atoms with Crippen molar-refractivity contribution in [2.45, 2.75) is 33.2 Å². The molecular weight excluding hydrogens is 312 g/mol. The zero-order chi connectivity index (χ0) is 18.2. The van der Waals surface area contributed by atoms with E-state index in [0.717, 1.165) is 12.0 Å². The minimum absolute atomic E-state index is 0.0528. The molecule has 2 rings (SSSR count). The number of amides is 1. The summed E-state index contributed by atoms with van der Waals surface area (Å²) in [6, 6.07) is 17.1. The van der Waals surface area contributed by atoms with Gasteiger partial charge in [-0.05, 0) is 47.7 Å². The standard InChI is InChI=1S/C21H24N2O2/c1-4-16-5-9-18(10-6-16)21(15(2)3)23-20(24)14-25-19-11-7-17(13-22)8-12-19/h5-12,15,21H,4,14H2,1-3H3,(H,23,24)/t21-/m0/s1. The highest BCUT2D eigenvalue weighted by atomic mass is 16.5. The van der Waals surface area contributed by atoms with Gasteiger partial charge in [0.15, 0.2) is 6.61 Å². The predicted molar refractivity (Wildman–Crippen MR) is 98.2 cm³/mol. The number of rotatable bonds is 7. The summed E-state index contributed by atoms with van der Waals surface area (Å²) in [5.74, 6) is 0.677. The van der Waals surface area contributed by atoms with Crippen molar-refractivity contribution in [3.63, 3.8) is 0 Å². The topological polar surface area (TPSA) is 62.1 Å². The summed E-state index contributed by atoms with van der Waals surface area (Å²) in [6.07, 6.45) is 0.997. The highest BCUT2D eigenvalue weighted by molar-refractivity contribution is 5.78. The quantitative estimate of drug-likeness (QED) is 0.831. The van der Waals surface area contributed by atoms with E-state index in [1.165, 1.54) is 5.56 Å². The molecule has 0 radical (unpaired) electrons. The van der Waals surface area contributed by atoms with Crippen molar-refractivity contribution in [1.29, 1.82) is 5.26 Å². The van der Waals surface area contributed by atoms with E-state index in [4.69, 9.17) is 10.00 Å². The SMILES string of the molecule is CCc1ccc([C@@H](NC(=O)COc2ccc(C#N)cc2)C(C)C)cc1. The second-order valence-electron chi connectivity index (χ2n) is 6.31. The first kappa shape index (κ1) is 18.5. The summed E-state index contributed by atoms with van der Waals surface area (Å²) in [5.41, 5.74) is 2.94. The molecule has 0 aliphatic carbocycles. The minimum atomic E-state index is -0.164. The lowest BCUT2D eigenvalue weighted by atomic mass is 9.95. The van der Waals surface area contributed by atoms with E-state index in [2.05, 4.69) is 50.4 Å². The highest BCUT2D eigenvalue weighted by Gasteiger charge is 2.18. The fourth-order valence-corrected chi connectivity index (χ4v) is 2.59. The molecule has 130 valence electrons. The van der Waals surface area contributed by atoms with Crippen LogP contribution < -0.4 is 10.1 Å². The van der Waals surface area contributed by atoms with Gasteiger partial charge in [0.1, 0.15) is 5.75 Å². The number of ether oxygens (including phenoxy) is 1. The number of nitrogens with one attached hydrogen (secondary N) is 1. The van der Waals surface area contributed by atoms with Crippen molar-refractivity contribution in [2.75, 3.05) is 6.61 Å². The van der Waals surface area contributed by atoms with Gasteiger partial charge in [0.25, 0.3) is 5.91 Å². The Balaban J connectivity index is 1.96. The van der Waals surface area contributed by atoms with Gasteiger partial charge in [0.05, 0.1) is 17.7 Å². The van der Waals surface area contributed by atoms with E-state index in [9.17, 15) is 4.79 Å². The van der Waals surface area contributed by atoms with Crippen LogP contribution in [0.15, 0.2) is 48.5 Å². The van der Waals surface area contributed by atoms with Gasteiger partial charge in [-0.2, -0.15) is 5.26 Å². The molecule has 1 atom stereocenters. The van der Waals surface area contributed by atoms with Crippen LogP contribution in [-0.2, 0) is 11.2 Å². The zero-order valence-corrected chi connectivity index (χ0v) is 15.0. The molecule has 0 heterocycles. The highest BCUT2D eigenvalue weighted by Crippen LogP contribution is 2.22. The van der Waals surface area contributed by atoms with Crippen LogP contribution in [0.5, 0.6) is 5.75 Å². The Morgan fingerprint density at radius 3 is 2.28 bits per heavy atom. The third kappa shape index (κ3) is 5.36. The predicted octanol–water partition coefficient (Wildman–Crippen LogP) is 4.01. The van der Waals surface area contributed by atoms with E-state index in [1.807, 2.05) is 6.07 Å². The molecule has 0 spiro atoms. The number of carbonyl (C=O) groups excluding carboxylic acids is 1. The molecule has 0 unspecified atom stereocenters. The summed E-state index contributed by atoms with van der Waals surface area (Å²) in [7, 11) is 0. The lowest BCUT2D eigenvalue weighted by Gasteiger charge is -2.23. The monoisotopic (exact) mass is 336 g/mol. The summed E-state index contributed by atoms with van der Waals surface area (Å²) in [6.45, 7) is 6.24. The van der Waals surface area contributed by atoms with E-state index < -0.39 is 0 Å².